The molecule has 0 unspecified atom stereocenters. The predicted molar refractivity (Wildman–Crippen MR) is 122 cm³/mol. The molecule has 8 heteroatoms. The summed E-state index contributed by atoms with van der Waals surface area (Å²) in [5.74, 6) is 0.994. The number of fused-ring (bicyclic) bond motifs is 1. The number of hydrogen-bond donors (Lipinski definition) is 2. The van der Waals surface area contributed by atoms with Crippen LogP contribution in [0.4, 0.5) is 5.69 Å². The van der Waals surface area contributed by atoms with Gasteiger partial charge in [0.1, 0.15) is 5.69 Å². The first-order chi connectivity index (χ1) is 16.3. The second kappa shape index (κ2) is 10.1. The van der Waals surface area contributed by atoms with Crippen LogP contribution < -0.4 is 28.9 Å². The van der Waals surface area contributed by atoms with Gasteiger partial charge in [-0.3, -0.25) is 4.99 Å². The lowest BCUT2D eigenvalue weighted by Crippen LogP contribution is -2.89. The molecule has 0 saturated carbocycles. The van der Waals surface area contributed by atoms with Gasteiger partial charge in [0.25, 0.3) is 5.84 Å². The average Bonchev–Trinajstić information content (AvgIpc) is 2.84. The van der Waals surface area contributed by atoms with Gasteiger partial charge in [-0.2, -0.15) is 0 Å². The second-order valence-electron chi connectivity index (χ2n) is 7.54. The molecule has 0 bridgehead atoms. The lowest BCUT2D eigenvalue weighted by Gasteiger charge is -2.34. The smallest absolute Gasteiger partial charge is 0.256 e. The van der Waals surface area contributed by atoms with E-state index in [9.17, 15) is 0 Å². The normalized spacial score (nSPS) is 14.1. The summed E-state index contributed by atoms with van der Waals surface area (Å²) in [5.41, 5.74) is 5.28. The Balaban J connectivity index is 0.000000499. The van der Waals surface area contributed by atoms with Gasteiger partial charge < -0.3 is 0 Å². The summed E-state index contributed by atoms with van der Waals surface area (Å²) in [6.45, 7) is 0. The molecule has 34 heavy (non-hydrogen) atoms. The Kier molecular flexibility index (Phi) is 7.13. The van der Waals surface area contributed by atoms with Crippen LogP contribution in [0.25, 0.3) is 0 Å². The molecule has 4 aromatic carbocycles. The molecule has 0 radical (unpaired) electrons. The van der Waals surface area contributed by atoms with Crippen LogP contribution in [0.5, 0.6) is 0 Å². The molecular formula is C26H20BrClN2O4. The van der Waals surface area contributed by atoms with Crippen molar-refractivity contribution in [2.45, 2.75) is 5.54 Å². The minimum atomic E-state index is -4.94. The van der Waals surface area contributed by atoms with Gasteiger partial charge in [-0.25, -0.2) is 24.0 Å². The van der Waals surface area contributed by atoms with E-state index in [1.54, 1.807) is 0 Å². The summed E-state index contributed by atoms with van der Waals surface area (Å²) < 4.78 is 35.0. The quantitative estimate of drug-likeness (QED) is 0.378. The number of amidine groups is 1. The Morgan fingerprint density at radius 1 is 0.676 bits per heavy atom. The van der Waals surface area contributed by atoms with Crippen molar-refractivity contribution in [3.63, 3.8) is 0 Å². The third kappa shape index (κ3) is 5.37. The first kappa shape index (κ1) is 24.1. The first-order valence-electron chi connectivity index (χ1n) is 10.3. The molecule has 1 aliphatic heterocycles. The Morgan fingerprint density at radius 3 is 1.65 bits per heavy atom. The van der Waals surface area contributed by atoms with E-state index in [4.69, 9.17) is 18.6 Å². The number of benzene rings is 4. The summed E-state index contributed by atoms with van der Waals surface area (Å²) in [6.07, 6.45) is 0. The number of rotatable bonds is 3. The van der Waals surface area contributed by atoms with Crippen LogP contribution in [0, 0.1) is 10.2 Å². The van der Waals surface area contributed by atoms with E-state index in [1.807, 2.05) is 6.07 Å². The van der Waals surface area contributed by atoms with E-state index in [-0.39, 0.29) is 0 Å². The topological polar surface area (TPSA) is 118 Å². The molecule has 1 aliphatic rings. The number of anilines is 1. The van der Waals surface area contributed by atoms with Gasteiger partial charge in [0.2, 0.25) is 0 Å². The fourth-order valence-electron chi connectivity index (χ4n) is 4.10. The summed E-state index contributed by atoms with van der Waals surface area (Å²) in [4.78, 5) is 3.88. The van der Waals surface area contributed by atoms with Gasteiger partial charge >= 0.3 is 0 Å². The first-order valence-corrected chi connectivity index (χ1v) is 12.3. The van der Waals surface area contributed by atoms with Gasteiger partial charge in [-0.15, -0.1) is 10.2 Å². The van der Waals surface area contributed by atoms with E-state index < -0.39 is 15.8 Å². The maximum Gasteiger partial charge on any atom is 0.281 e. The standard InChI is InChI=1S/C26H19BrN2.ClHO4/c27-22-16-17-24-23(18-22)26(20-12-6-2-7-13-20,21-14-8-3-9-15-21)29-25(28-24)19-10-4-1-5-11-19;2-1(3,4)5/h1-18H,(H,28,29);(H,2,3,4,5). The lowest BCUT2D eigenvalue weighted by atomic mass is 9.76. The zero-order valence-corrected chi connectivity index (χ0v) is 20.1. The third-order valence-electron chi connectivity index (χ3n) is 5.43. The van der Waals surface area contributed by atoms with Crippen molar-refractivity contribution in [2.24, 2.45) is 0 Å². The lowest BCUT2D eigenvalue weighted by molar-refractivity contribution is -2.00. The molecule has 5 rings (SSSR count). The highest BCUT2D eigenvalue weighted by atomic mass is 79.9. The van der Waals surface area contributed by atoms with E-state index in [2.05, 4.69) is 129 Å². The predicted octanol–water partition coefficient (Wildman–Crippen LogP) is -0.0621. The maximum atomic E-state index is 8.49. The summed E-state index contributed by atoms with van der Waals surface area (Å²) in [7, 11) is -4.94. The second-order valence-corrected chi connectivity index (χ2v) is 9.21. The van der Waals surface area contributed by atoms with Crippen molar-refractivity contribution >= 4 is 27.5 Å². The highest BCUT2D eigenvalue weighted by molar-refractivity contribution is 9.10. The molecule has 4 aromatic rings. The molecule has 0 amide bonds. The van der Waals surface area contributed by atoms with Crippen LogP contribution in [0.15, 0.2) is 114 Å². The van der Waals surface area contributed by atoms with Crippen LogP contribution in [-0.2, 0) is 5.54 Å². The Bertz CT molecular complexity index is 1240. The monoisotopic (exact) mass is 538 g/mol. The molecule has 6 nitrogen and oxygen atoms in total. The SMILES string of the molecule is Brc1ccc2c(c1)C(c1ccccc1)(c1ccccc1)[NH+]=C(c1ccccc1)N2.[O-][Cl+3]([O-])([O-])[O-]. The van der Waals surface area contributed by atoms with Crippen molar-refractivity contribution in [3.05, 3.63) is 136 Å². The van der Waals surface area contributed by atoms with E-state index in [1.165, 1.54) is 16.7 Å². The van der Waals surface area contributed by atoms with Crippen molar-refractivity contribution in [2.75, 3.05) is 5.32 Å². The van der Waals surface area contributed by atoms with Crippen LogP contribution >= 0.6 is 15.9 Å². The van der Waals surface area contributed by atoms with Gasteiger partial charge in [0, 0.05) is 15.6 Å². The summed E-state index contributed by atoms with van der Waals surface area (Å²) >= 11 is 3.68. The van der Waals surface area contributed by atoms with E-state index in [0.29, 0.717) is 0 Å². The maximum absolute atomic E-state index is 8.49. The Labute approximate surface area is 207 Å². The molecule has 0 aliphatic carbocycles. The molecule has 2 N–H and O–H groups in total. The number of hydrogen-bond acceptors (Lipinski definition) is 5. The molecule has 0 saturated heterocycles. The molecular weight excluding hydrogens is 520 g/mol. The van der Waals surface area contributed by atoms with Crippen molar-refractivity contribution < 1.29 is 33.9 Å². The Morgan fingerprint density at radius 2 is 1.15 bits per heavy atom. The fourth-order valence-corrected chi connectivity index (χ4v) is 4.47. The van der Waals surface area contributed by atoms with Crippen molar-refractivity contribution in [1.82, 2.24) is 0 Å². The molecule has 0 aromatic heterocycles. The molecule has 0 spiro atoms. The van der Waals surface area contributed by atoms with Gasteiger partial charge in [0.15, 0.2) is 5.54 Å². The van der Waals surface area contributed by atoms with E-state index in [0.717, 1.165) is 21.6 Å². The van der Waals surface area contributed by atoms with Crippen molar-refractivity contribution in [3.8, 4) is 0 Å². The van der Waals surface area contributed by atoms with Crippen LogP contribution in [0.2, 0.25) is 0 Å². The van der Waals surface area contributed by atoms with Gasteiger partial charge in [-0.05, 0) is 30.3 Å². The van der Waals surface area contributed by atoms with Crippen LogP contribution in [0.3, 0.4) is 0 Å². The van der Waals surface area contributed by atoms with Gasteiger partial charge in [-0.1, -0.05) is 94.8 Å². The minimum absolute atomic E-state index is 0.516. The zero-order chi connectivity index (χ0) is 24.2. The minimum Gasteiger partial charge on any atom is -0.256 e. The fraction of sp³-hybridized carbons (Fsp3) is 0.0385. The summed E-state index contributed by atoms with van der Waals surface area (Å²) in [6, 6.07) is 38.2. The molecule has 0 fully saturated rings. The van der Waals surface area contributed by atoms with Gasteiger partial charge in [0.05, 0.1) is 11.1 Å². The highest BCUT2D eigenvalue weighted by Crippen LogP contribution is 2.39. The van der Waals surface area contributed by atoms with Crippen LogP contribution in [0.1, 0.15) is 22.3 Å². The summed E-state index contributed by atoms with van der Waals surface area (Å²) in [5, 5.41) is 3.62. The zero-order valence-electron chi connectivity index (χ0n) is 17.8. The number of nitrogens with one attached hydrogen (secondary N) is 2. The van der Waals surface area contributed by atoms with Crippen molar-refractivity contribution in [1.29, 1.82) is 0 Å². The molecule has 0 atom stereocenters. The highest BCUT2D eigenvalue weighted by Gasteiger charge is 2.45. The number of halogens is 2. The largest absolute Gasteiger partial charge is 0.281 e. The third-order valence-corrected chi connectivity index (χ3v) is 5.93. The van der Waals surface area contributed by atoms with Crippen LogP contribution in [-0.4, -0.2) is 5.84 Å². The molecule has 1 heterocycles. The van der Waals surface area contributed by atoms with E-state index >= 15 is 0 Å². The molecule has 172 valence electrons. The average molecular weight is 540 g/mol. The Hall–Kier alpha value is -3.04.